The Balaban J connectivity index is 1.25. The number of nitrogens with one attached hydrogen (secondary N) is 1. The molecule has 1 heterocycles. The normalized spacial score (nSPS) is 33.2. The summed E-state index contributed by atoms with van der Waals surface area (Å²) in [6.07, 6.45) is 9.00. The van der Waals surface area contributed by atoms with Gasteiger partial charge in [0.1, 0.15) is 17.6 Å². The Bertz CT molecular complexity index is 880. The molecule has 1 N–H and O–H groups in total. The molecule has 1 amide bonds. The van der Waals surface area contributed by atoms with Crippen LogP contribution in [0.25, 0.3) is 0 Å². The Kier molecular flexibility index (Phi) is 6.03. The highest BCUT2D eigenvalue weighted by atomic mass is 16.5. The van der Waals surface area contributed by atoms with E-state index in [1.54, 1.807) is 19.2 Å². The predicted molar refractivity (Wildman–Crippen MR) is 122 cm³/mol. The highest BCUT2D eigenvalue weighted by molar-refractivity contribution is 5.98. The molecule has 172 valence electrons. The second kappa shape index (κ2) is 8.94. The maximum atomic E-state index is 13.1. The number of likely N-dealkylation sites (tertiary alicyclic amines) is 1. The average molecular weight is 438 g/mol. The zero-order valence-corrected chi connectivity index (χ0v) is 19.3. The first kappa shape index (κ1) is 21.6. The summed E-state index contributed by atoms with van der Waals surface area (Å²) in [5.74, 6) is 4.46. The molecule has 6 nitrogen and oxygen atoms in total. The molecule has 0 aromatic heterocycles. The van der Waals surface area contributed by atoms with Crippen molar-refractivity contribution < 1.29 is 14.3 Å². The van der Waals surface area contributed by atoms with Gasteiger partial charge in [-0.1, -0.05) is 6.92 Å². The lowest BCUT2D eigenvalue weighted by Gasteiger charge is -2.56. The second-order valence-corrected chi connectivity index (χ2v) is 10.4. The molecule has 32 heavy (non-hydrogen) atoms. The maximum absolute atomic E-state index is 13.1. The number of hydrogen-bond acceptors (Lipinski definition) is 5. The lowest BCUT2D eigenvalue weighted by molar-refractivity contribution is -0.0587. The Labute approximate surface area is 191 Å². The molecule has 5 aliphatic rings. The zero-order chi connectivity index (χ0) is 22.2. The number of rotatable bonds is 7. The summed E-state index contributed by atoms with van der Waals surface area (Å²) in [5, 5.41) is 12.8. The fraction of sp³-hybridized carbons (Fsp3) is 0.692. The topological polar surface area (TPSA) is 74.6 Å². The van der Waals surface area contributed by atoms with Gasteiger partial charge in [-0.05, 0) is 74.7 Å². The number of benzene rings is 1. The van der Waals surface area contributed by atoms with Gasteiger partial charge in [0.05, 0.1) is 24.8 Å². The van der Waals surface area contributed by atoms with E-state index in [4.69, 9.17) is 9.47 Å². The number of carbonyl (C=O) groups excluding carboxylic acids is 1. The van der Waals surface area contributed by atoms with Crippen molar-refractivity contribution in [2.45, 2.75) is 64.0 Å². The standard InChI is InChI=1S/C26H35N3O3/c1-3-6-32-23-13-24(31-2)22(12-20(23)14-27)26(30)28-21-4-5-29(15-21)25-18-8-16-7-17(10-18)11-19(25)9-16/h12-13,16-19,21,25H,3-11,15H2,1-2H3,(H,28,30)/t16?,17?,18?,19?,21-,25?/m0/s1. The number of carbonyl (C=O) groups is 1. The van der Waals surface area contributed by atoms with Crippen LogP contribution in [-0.2, 0) is 0 Å². The van der Waals surface area contributed by atoms with Gasteiger partial charge in [0.15, 0.2) is 0 Å². The molecule has 6 rings (SSSR count). The third-order valence-electron chi connectivity index (χ3n) is 8.28. The van der Waals surface area contributed by atoms with Gasteiger partial charge in [-0.25, -0.2) is 0 Å². The molecule has 0 radical (unpaired) electrons. The number of nitriles is 1. The molecule has 1 aromatic rings. The summed E-state index contributed by atoms with van der Waals surface area (Å²) >= 11 is 0. The van der Waals surface area contributed by atoms with Crippen LogP contribution >= 0.6 is 0 Å². The molecule has 4 bridgehead atoms. The maximum Gasteiger partial charge on any atom is 0.255 e. The monoisotopic (exact) mass is 437 g/mol. The van der Waals surface area contributed by atoms with Gasteiger partial charge < -0.3 is 14.8 Å². The summed E-state index contributed by atoms with van der Waals surface area (Å²) < 4.78 is 11.1. The minimum atomic E-state index is -0.169. The van der Waals surface area contributed by atoms with Gasteiger partial charge in [-0.2, -0.15) is 5.26 Å². The molecule has 4 aliphatic carbocycles. The second-order valence-electron chi connectivity index (χ2n) is 10.4. The summed E-state index contributed by atoms with van der Waals surface area (Å²) in [7, 11) is 1.55. The van der Waals surface area contributed by atoms with Gasteiger partial charge >= 0.3 is 0 Å². The van der Waals surface area contributed by atoms with Crippen LogP contribution in [0.2, 0.25) is 0 Å². The van der Waals surface area contributed by atoms with Crippen molar-refractivity contribution in [2.75, 3.05) is 26.8 Å². The van der Waals surface area contributed by atoms with Crippen LogP contribution in [0.15, 0.2) is 12.1 Å². The molecule has 6 heteroatoms. The first-order valence-corrected chi connectivity index (χ1v) is 12.4. The smallest absolute Gasteiger partial charge is 0.255 e. The molecular formula is C26H35N3O3. The number of hydrogen-bond donors (Lipinski definition) is 1. The van der Waals surface area contributed by atoms with Crippen LogP contribution in [-0.4, -0.2) is 49.7 Å². The molecule has 0 spiro atoms. The Morgan fingerprint density at radius 3 is 2.50 bits per heavy atom. The largest absolute Gasteiger partial charge is 0.496 e. The predicted octanol–water partition coefficient (Wildman–Crippen LogP) is 3.98. The van der Waals surface area contributed by atoms with E-state index < -0.39 is 0 Å². The summed E-state index contributed by atoms with van der Waals surface area (Å²) in [6.45, 7) is 4.54. The van der Waals surface area contributed by atoms with Crippen LogP contribution in [0.3, 0.4) is 0 Å². The first-order valence-electron chi connectivity index (χ1n) is 12.4. The number of nitrogens with zero attached hydrogens (tertiary/aromatic N) is 2. The van der Waals surface area contributed by atoms with Crippen LogP contribution < -0.4 is 14.8 Å². The minimum Gasteiger partial charge on any atom is -0.496 e. The molecule has 1 saturated heterocycles. The van der Waals surface area contributed by atoms with E-state index in [1.807, 2.05) is 6.92 Å². The van der Waals surface area contributed by atoms with Crippen molar-refractivity contribution in [1.29, 1.82) is 5.26 Å². The zero-order valence-electron chi connectivity index (χ0n) is 19.3. The lowest BCUT2D eigenvalue weighted by Crippen LogP contribution is -2.55. The van der Waals surface area contributed by atoms with E-state index in [0.29, 0.717) is 29.2 Å². The number of methoxy groups -OCH3 is 1. The summed E-state index contributed by atoms with van der Waals surface area (Å²) in [5.41, 5.74) is 0.770. The van der Waals surface area contributed by atoms with Crippen molar-refractivity contribution in [2.24, 2.45) is 23.7 Å². The van der Waals surface area contributed by atoms with Crippen LogP contribution in [0.1, 0.15) is 67.8 Å². The SMILES string of the molecule is CCCOc1cc(OC)c(C(=O)N[C@H]2CCN(C3C4CC5CC(C4)CC3C5)C2)cc1C#N. The van der Waals surface area contributed by atoms with Crippen molar-refractivity contribution in [1.82, 2.24) is 10.2 Å². The minimum absolute atomic E-state index is 0.144. The van der Waals surface area contributed by atoms with E-state index in [9.17, 15) is 10.1 Å². The summed E-state index contributed by atoms with van der Waals surface area (Å²) in [6, 6.07) is 6.29. The van der Waals surface area contributed by atoms with Gasteiger partial charge in [-0.15, -0.1) is 0 Å². The highest BCUT2D eigenvalue weighted by Gasteiger charge is 2.50. The van der Waals surface area contributed by atoms with Crippen LogP contribution in [0.4, 0.5) is 0 Å². The molecule has 1 aromatic carbocycles. The highest BCUT2D eigenvalue weighted by Crippen LogP contribution is 2.55. The van der Waals surface area contributed by atoms with Gasteiger partial charge in [0.2, 0.25) is 0 Å². The summed E-state index contributed by atoms with van der Waals surface area (Å²) in [4.78, 5) is 15.8. The lowest BCUT2D eigenvalue weighted by atomic mass is 9.54. The van der Waals surface area contributed by atoms with Crippen molar-refractivity contribution >= 4 is 5.91 Å². The van der Waals surface area contributed by atoms with E-state index in [-0.39, 0.29) is 11.9 Å². The molecular weight excluding hydrogens is 402 g/mol. The molecule has 5 fully saturated rings. The van der Waals surface area contributed by atoms with Gasteiger partial charge in [-0.3, -0.25) is 9.69 Å². The van der Waals surface area contributed by atoms with Crippen LogP contribution in [0.5, 0.6) is 11.5 Å². The Morgan fingerprint density at radius 1 is 1.16 bits per heavy atom. The quantitative estimate of drug-likeness (QED) is 0.698. The Hall–Kier alpha value is -2.26. The van der Waals surface area contributed by atoms with Gasteiger partial charge in [0, 0.05) is 31.2 Å². The fourth-order valence-corrected chi connectivity index (χ4v) is 7.26. The van der Waals surface area contributed by atoms with Crippen LogP contribution in [0, 0.1) is 35.0 Å². The third-order valence-corrected chi connectivity index (χ3v) is 8.28. The number of ether oxygens (including phenoxy) is 2. The third kappa shape index (κ3) is 3.96. The van der Waals surface area contributed by atoms with E-state index in [0.717, 1.165) is 55.6 Å². The van der Waals surface area contributed by atoms with Crippen molar-refractivity contribution in [3.05, 3.63) is 23.3 Å². The van der Waals surface area contributed by atoms with E-state index in [2.05, 4.69) is 16.3 Å². The van der Waals surface area contributed by atoms with Gasteiger partial charge in [0.25, 0.3) is 5.91 Å². The van der Waals surface area contributed by atoms with E-state index >= 15 is 0 Å². The van der Waals surface area contributed by atoms with E-state index in [1.165, 1.54) is 32.1 Å². The first-order chi connectivity index (χ1) is 15.6. The molecule has 0 unspecified atom stereocenters. The Morgan fingerprint density at radius 2 is 1.88 bits per heavy atom. The average Bonchev–Trinajstić information content (AvgIpc) is 3.24. The molecule has 1 aliphatic heterocycles. The van der Waals surface area contributed by atoms with Crippen molar-refractivity contribution in [3.8, 4) is 17.6 Å². The van der Waals surface area contributed by atoms with Crippen molar-refractivity contribution in [3.63, 3.8) is 0 Å². The molecule has 1 atom stereocenters. The number of amides is 1. The fourth-order valence-electron chi connectivity index (χ4n) is 7.26. The molecule has 4 saturated carbocycles.